The molecule has 3 aromatic rings. The third-order valence-corrected chi connectivity index (χ3v) is 6.03. The number of nitrogens with zero attached hydrogens (tertiary/aromatic N) is 4. The van der Waals surface area contributed by atoms with Crippen LogP contribution >= 0.6 is 11.3 Å². The van der Waals surface area contributed by atoms with Gasteiger partial charge in [-0.2, -0.15) is 4.39 Å². The number of amides is 2. The molecule has 4 rings (SSSR count). The molecule has 3 aromatic heterocycles. The lowest BCUT2D eigenvalue weighted by atomic mass is 9.90. The van der Waals surface area contributed by atoms with Gasteiger partial charge in [-0.1, -0.05) is 6.07 Å². The summed E-state index contributed by atoms with van der Waals surface area (Å²) in [6, 6.07) is 3.42. The average Bonchev–Trinajstić information content (AvgIpc) is 3.41. The summed E-state index contributed by atoms with van der Waals surface area (Å²) in [5, 5.41) is 6.01. The van der Waals surface area contributed by atoms with Crippen molar-refractivity contribution in [1.82, 2.24) is 30.2 Å². The summed E-state index contributed by atoms with van der Waals surface area (Å²) in [4.78, 5) is 30.5. The van der Waals surface area contributed by atoms with E-state index in [2.05, 4.69) is 35.5 Å². The summed E-state index contributed by atoms with van der Waals surface area (Å²) in [5.74, 6) is 0.322. The van der Waals surface area contributed by atoms with Gasteiger partial charge >= 0.3 is 6.03 Å². The lowest BCUT2D eigenvalue weighted by molar-refractivity contribution is 0.204. The van der Waals surface area contributed by atoms with Gasteiger partial charge in [0.15, 0.2) is 11.0 Å². The molecule has 158 valence electrons. The number of H-pyrrole nitrogens is 1. The van der Waals surface area contributed by atoms with Crippen LogP contribution in [0.3, 0.4) is 0 Å². The highest BCUT2D eigenvalue weighted by atomic mass is 32.1. The molecule has 1 aliphatic rings. The Morgan fingerprint density at radius 2 is 2.17 bits per heavy atom. The van der Waals surface area contributed by atoms with Crippen LogP contribution in [-0.2, 0) is 6.54 Å². The van der Waals surface area contributed by atoms with Gasteiger partial charge in [-0.15, -0.1) is 11.3 Å². The zero-order valence-electron chi connectivity index (χ0n) is 16.7. The first-order chi connectivity index (χ1) is 14.6. The number of halogens is 1. The lowest BCUT2D eigenvalue weighted by Gasteiger charge is -2.31. The number of urea groups is 1. The van der Waals surface area contributed by atoms with Crippen LogP contribution in [0.15, 0.2) is 30.7 Å². The fourth-order valence-electron chi connectivity index (χ4n) is 3.65. The number of thiazole rings is 1. The highest BCUT2D eigenvalue weighted by Gasteiger charge is 2.24. The van der Waals surface area contributed by atoms with E-state index in [1.807, 2.05) is 19.1 Å². The molecule has 4 heterocycles. The number of pyridine rings is 1. The maximum Gasteiger partial charge on any atom is 0.321 e. The van der Waals surface area contributed by atoms with E-state index in [1.54, 1.807) is 18.6 Å². The van der Waals surface area contributed by atoms with Gasteiger partial charge in [0.1, 0.15) is 5.69 Å². The zero-order chi connectivity index (χ0) is 20.9. The Labute approximate surface area is 178 Å². The molecule has 10 heteroatoms. The molecule has 1 saturated heterocycles. The Balaban J connectivity index is 1.31. The number of carbonyl (C=O) groups is 1. The minimum absolute atomic E-state index is 0.163. The SMILES string of the molecule is CCNC(=O)Nc1ncc(CN2CCC(c3ccc(-c4ncc[nH]4)nc3F)CC2)s1. The molecule has 8 nitrogen and oxygen atoms in total. The van der Waals surface area contributed by atoms with Crippen molar-refractivity contribution in [3.8, 4) is 11.5 Å². The van der Waals surface area contributed by atoms with Crippen molar-refractivity contribution in [3.05, 3.63) is 47.1 Å². The number of hydrogen-bond donors (Lipinski definition) is 3. The lowest BCUT2D eigenvalue weighted by Crippen LogP contribution is -2.32. The van der Waals surface area contributed by atoms with E-state index in [9.17, 15) is 9.18 Å². The third-order valence-electron chi connectivity index (χ3n) is 5.14. The first kappa shape index (κ1) is 20.4. The van der Waals surface area contributed by atoms with Crippen molar-refractivity contribution in [1.29, 1.82) is 0 Å². The molecule has 0 unspecified atom stereocenters. The van der Waals surface area contributed by atoms with Gasteiger partial charge in [0.2, 0.25) is 5.95 Å². The van der Waals surface area contributed by atoms with Crippen LogP contribution in [0.5, 0.6) is 0 Å². The van der Waals surface area contributed by atoms with Crippen LogP contribution in [-0.4, -0.2) is 50.5 Å². The van der Waals surface area contributed by atoms with E-state index in [0.717, 1.165) is 37.4 Å². The van der Waals surface area contributed by atoms with E-state index < -0.39 is 5.95 Å². The summed E-state index contributed by atoms with van der Waals surface area (Å²) in [7, 11) is 0. The second-order valence-electron chi connectivity index (χ2n) is 7.18. The number of hydrogen-bond acceptors (Lipinski definition) is 6. The van der Waals surface area contributed by atoms with E-state index >= 15 is 0 Å². The molecule has 0 atom stereocenters. The van der Waals surface area contributed by atoms with Gasteiger partial charge in [0, 0.05) is 42.1 Å². The fourth-order valence-corrected chi connectivity index (χ4v) is 4.50. The Morgan fingerprint density at radius 3 is 2.87 bits per heavy atom. The second-order valence-corrected chi connectivity index (χ2v) is 8.30. The van der Waals surface area contributed by atoms with Crippen molar-refractivity contribution in [2.45, 2.75) is 32.2 Å². The van der Waals surface area contributed by atoms with Crippen LogP contribution in [0.25, 0.3) is 11.5 Å². The summed E-state index contributed by atoms with van der Waals surface area (Å²) in [5.41, 5.74) is 1.19. The second kappa shape index (κ2) is 9.31. The van der Waals surface area contributed by atoms with Crippen LogP contribution in [0.1, 0.15) is 36.1 Å². The molecule has 1 fully saturated rings. The van der Waals surface area contributed by atoms with Crippen LogP contribution in [0.4, 0.5) is 14.3 Å². The average molecular weight is 430 g/mol. The molecule has 0 radical (unpaired) electrons. The number of imidazole rings is 1. The smallest absolute Gasteiger partial charge is 0.321 e. The van der Waals surface area contributed by atoms with Crippen LogP contribution in [0, 0.1) is 5.95 Å². The van der Waals surface area contributed by atoms with Gasteiger partial charge < -0.3 is 10.3 Å². The highest BCUT2D eigenvalue weighted by Crippen LogP contribution is 2.31. The maximum absolute atomic E-state index is 14.6. The van der Waals surface area contributed by atoms with Gasteiger partial charge in [-0.05, 0) is 44.8 Å². The first-order valence-electron chi connectivity index (χ1n) is 10.0. The number of carbonyl (C=O) groups excluding carboxylic acids is 1. The third kappa shape index (κ3) is 4.82. The Hall–Kier alpha value is -2.85. The molecule has 0 aliphatic carbocycles. The molecule has 1 aliphatic heterocycles. The molecular formula is C20H24FN7OS. The van der Waals surface area contributed by atoms with Gasteiger partial charge in [-0.3, -0.25) is 10.2 Å². The predicted molar refractivity (Wildman–Crippen MR) is 114 cm³/mol. The fraction of sp³-hybridized carbons (Fsp3) is 0.400. The van der Waals surface area contributed by atoms with E-state index in [0.29, 0.717) is 28.8 Å². The van der Waals surface area contributed by atoms with E-state index in [1.165, 1.54) is 11.3 Å². The number of rotatable bonds is 6. The van der Waals surface area contributed by atoms with E-state index in [-0.39, 0.29) is 11.9 Å². The van der Waals surface area contributed by atoms with E-state index in [4.69, 9.17) is 0 Å². The Morgan fingerprint density at radius 1 is 1.33 bits per heavy atom. The normalized spacial score (nSPS) is 15.3. The molecule has 0 aromatic carbocycles. The van der Waals surface area contributed by atoms with Gasteiger partial charge in [-0.25, -0.2) is 19.7 Å². The Kier molecular flexibility index (Phi) is 6.34. The van der Waals surface area contributed by atoms with Crippen LogP contribution < -0.4 is 10.6 Å². The van der Waals surface area contributed by atoms with Gasteiger partial charge in [0.25, 0.3) is 0 Å². The predicted octanol–water partition coefficient (Wildman–Crippen LogP) is 3.59. The number of piperidine rings is 1. The molecule has 0 saturated carbocycles. The van der Waals surface area contributed by atoms with Crippen molar-refractivity contribution >= 4 is 22.5 Å². The number of aromatic amines is 1. The largest absolute Gasteiger partial charge is 0.343 e. The maximum atomic E-state index is 14.6. The van der Waals surface area contributed by atoms with Crippen molar-refractivity contribution in [3.63, 3.8) is 0 Å². The minimum atomic E-state index is -0.411. The topological polar surface area (TPSA) is 98.8 Å². The number of anilines is 1. The molecule has 2 amide bonds. The zero-order valence-corrected chi connectivity index (χ0v) is 17.5. The molecule has 30 heavy (non-hydrogen) atoms. The Bertz CT molecular complexity index is 983. The van der Waals surface area contributed by atoms with Crippen LogP contribution in [0.2, 0.25) is 0 Å². The van der Waals surface area contributed by atoms with Crippen molar-refractivity contribution < 1.29 is 9.18 Å². The molecule has 0 spiro atoms. The number of nitrogens with one attached hydrogen (secondary N) is 3. The summed E-state index contributed by atoms with van der Waals surface area (Å²) < 4.78 is 14.6. The highest BCUT2D eigenvalue weighted by molar-refractivity contribution is 7.15. The monoisotopic (exact) mass is 429 g/mol. The first-order valence-corrected chi connectivity index (χ1v) is 10.8. The summed E-state index contributed by atoms with van der Waals surface area (Å²) in [6.07, 6.45) is 6.87. The number of likely N-dealkylation sites (tertiary alicyclic amines) is 1. The van der Waals surface area contributed by atoms with Gasteiger partial charge in [0.05, 0.1) is 0 Å². The molecule has 0 bridgehead atoms. The molecule has 3 N–H and O–H groups in total. The molecular weight excluding hydrogens is 405 g/mol. The summed E-state index contributed by atoms with van der Waals surface area (Å²) in [6.45, 7) is 4.97. The standard InChI is InChI=1S/C20H24FN7OS/c1-2-22-19(29)27-20-25-11-14(30-20)12-28-9-5-13(6-10-28)15-3-4-16(26-17(15)21)18-23-7-8-24-18/h3-4,7-8,11,13H,2,5-6,9-10,12H2,1H3,(H,23,24)(H2,22,25,27,29). The summed E-state index contributed by atoms with van der Waals surface area (Å²) >= 11 is 1.48. The number of aromatic nitrogens is 4. The van der Waals surface area contributed by atoms with Crippen molar-refractivity contribution in [2.75, 3.05) is 25.0 Å². The quantitative estimate of drug-likeness (QED) is 0.520. The van der Waals surface area contributed by atoms with Crippen molar-refractivity contribution in [2.24, 2.45) is 0 Å². The minimum Gasteiger partial charge on any atom is -0.343 e.